The van der Waals surface area contributed by atoms with Gasteiger partial charge in [-0.2, -0.15) is 0 Å². The lowest BCUT2D eigenvalue weighted by Gasteiger charge is -2.11. The molecule has 2 aromatic rings. The van der Waals surface area contributed by atoms with Gasteiger partial charge in [0.15, 0.2) is 11.1 Å². The molecular weight excluding hydrogens is 250 g/mol. The second-order valence-electron chi connectivity index (χ2n) is 3.85. The number of nitrogens with two attached hydrogens (primary N) is 1. The maximum Gasteiger partial charge on any atom is 0.264 e. The molecule has 0 amide bonds. The van der Waals surface area contributed by atoms with Crippen molar-refractivity contribution < 1.29 is 4.79 Å². The molecule has 0 spiro atoms. The number of nitrogen functional groups attached to an aromatic ring is 1. The van der Waals surface area contributed by atoms with Crippen LogP contribution < -0.4 is 11.3 Å². The lowest BCUT2D eigenvalue weighted by Crippen LogP contribution is -2.21. The van der Waals surface area contributed by atoms with Crippen LogP contribution in [0.5, 0.6) is 0 Å². The molecule has 0 saturated heterocycles. The maximum absolute atomic E-state index is 11.5. The molecule has 1 aromatic heterocycles. The third-order valence-corrected chi connectivity index (χ3v) is 2.88. The Morgan fingerprint density at radius 3 is 2.50 bits per heavy atom. The second-order valence-corrected chi connectivity index (χ2v) is 4.23. The first-order valence-corrected chi connectivity index (χ1v) is 5.62. The highest BCUT2D eigenvalue weighted by molar-refractivity contribution is 7.71. The van der Waals surface area contributed by atoms with Crippen molar-refractivity contribution in [2.24, 2.45) is 0 Å². The summed E-state index contributed by atoms with van der Waals surface area (Å²) in [4.78, 5) is 24.8. The molecule has 0 bridgehead atoms. The van der Waals surface area contributed by atoms with Gasteiger partial charge in [-0.3, -0.25) is 19.1 Å². The van der Waals surface area contributed by atoms with Gasteiger partial charge in [-0.05, 0) is 31.3 Å². The minimum absolute atomic E-state index is 0.0441. The zero-order chi connectivity index (χ0) is 13.3. The van der Waals surface area contributed by atoms with Crippen molar-refractivity contribution in [3.63, 3.8) is 0 Å². The quantitative estimate of drug-likeness (QED) is 0.635. The van der Waals surface area contributed by atoms with E-state index in [1.165, 1.54) is 4.57 Å². The second kappa shape index (κ2) is 4.58. The van der Waals surface area contributed by atoms with E-state index in [1.807, 2.05) is 31.2 Å². The summed E-state index contributed by atoms with van der Waals surface area (Å²) in [6.45, 7) is 1.95. The number of H-pyrrole nitrogens is 1. The highest BCUT2D eigenvalue weighted by atomic mass is 32.1. The molecule has 5 nitrogen and oxygen atoms in total. The molecule has 3 N–H and O–H groups in total. The number of benzene rings is 1. The van der Waals surface area contributed by atoms with E-state index < -0.39 is 5.56 Å². The summed E-state index contributed by atoms with van der Waals surface area (Å²) in [7, 11) is 0. The number of aromatic nitrogens is 2. The fourth-order valence-corrected chi connectivity index (χ4v) is 1.93. The Morgan fingerprint density at radius 2 is 1.94 bits per heavy atom. The lowest BCUT2D eigenvalue weighted by molar-refractivity contribution is 0.112. The molecule has 6 heteroatoms. The van der Waals surface area contributed by atoms with Gasteiger partial charge in [0.25, 0.3) is 5.56 Å². The molecular formula is C12H11N3O2S. The number of carbonyl (C=O) groups excluding carboxylic acids is 1. The van der Waals surface area contributed by atoms with Crippen LogP contribution in [0.15, 0.2) is 29.1 Å². The Morgan fingerprint density at radius 1 is 1.33 bits per heavy atom. The number of aldehydes is 1. The van der Waals surface area contributed by atoms with Crippen molar-refractivity contribution in [2.45, 2.75) is 6.92 Å². The first kappa shape index (κ1) is 12.3. The molecule has 0 aliphatic carbocycles. The molecule has 92 valence electrons. The van der Waals surface area contributed by atoms with Crippen LogP contribution in [0.1, 0.15) is 15.9 Å². The highest BCUT2D eigenvalue weighted by Crippen LogP contribution is 2.15. The number of nitrogens with one attached hydrogen (secondary N) is 1. The van der Waals surface area contributed by atoms with E-state index in [4.69, 9.17) is 18.0 Å². The van der Waals surface area contributed by atoms with Crippen molar-refractivity contribution in [3.8, 4) is 5.69 Å². The largest absolute Gasteiger partial charge is 0.384 e. The molecule has 18 heavy (non-hydrogen) atoms. The minimum Gasteiger partial charge on any atom is -0.384 e. The van der Waals surface area contributed by atoms with E-state index >= 15 is 0 Å². The van der Waals surface area contributed by atoms with Crippen LogP contribution >= 0.6 is 12.2 Å². The molecule has 1 heterocycles. The van der Waals surface area contributed by atoms with Crippen LogP contribution in [0.2, 0.25) is 0 Å². The summed E-state index contributed by atoms with van der Waals surface area (Å²) in [6, 6.07) is 7.41. The predicted molar refractivity (Wildman–Crippen MR) is 71.8 cm³/mol. The fraction of sp³-hybridized carbons (Fsp3) is 0.0833. The van der Waals surface area contributed by atoms with E-state index in [-0.39, 0.29) is 16.2 Å². The summed E-state index contributed by atoms with van der Waals surface area (Å²) >= 11 is 5.06. The minimum atomic E-state index is -0.573. The number of hydrogen-bond donors (Lipinski definition) is 2. The first-order chi connectivity index (χ1) is 8.54. The molecule has 2 rings (SSSR count). The topological polar surface area (TPSA) is 80.9 Å². The van der Waals surface area contributed by atoms with Gasteiger partial charge in [-0.25, -0.2) is 0 Å². The zero-order valence-corrected chi connectivity index (χ0v) is 10.5. The molecule has 0 aliphatic rings. The van der Waals surface area contributed by atoms with E-state index in [2.05, 4.69) is 4.98 Å². The molecule has 0 radical (unpaired) electrons. The van der Waals surface area contributed by atoms with E-state index in [9.17, 15) is 9.59 Å². The number of anilines is 1. The average Bonchev–Trinajstić information content (AvgIpc) is 2.31. The average molecular weight is 261 g/mol. The molecule has 0 saturated carbocycles. The molecule has 0 aliphatic heterocycles. The van der Waals surface area contributed by atoms with Crippen molar-refractivity contribution in [2.75, 3.05) is 5.73 Å². The van der Waals surface area contributed by atoms with Gasteiger partial charge in [0, 0.05) is 5.69 Å². The lowest BCUT2D eigenvalue weighted by atomic mass is 10.2. The summed E-state index contributed by atoms with van der Waals surface area (Å²) in [5, 5.41) is 0. The Balaban J connectivity index is 2.79. The van der Waals surface area contributed by atoms with Crippen LogP contribution in [-0.4, -0.2) is 15.8 Å². The monoisotopic (exact) mass is 261 g/mol. The van der Waals surface area contributed by atoms with Crippen LogP contribution in [0, 0.1) is 11.7 Å². The summed E-state index contributed by atoms with van der Waals surface area (Å²) in [5.74, 6) is 0.0441. The third kappa shape index (κ3) is 1.98. The van der Waals surface area contributed by atoms with Gasteiger partial charge < -0.3 is 5.73 Å². The molecule has 0 unspecified atom stereocenters. The SMILES string of the molecule is Cc1ccc(-n2c(N)c(C=O)c(=O)[nH]c2=S)cc1. The number of hydrogen-bond acceptors (Lipinski definition) is 4. The fourth-order valence-electron chi connectivity index (χ4n) is 1.63. The Kier molecular flexibility index (Phi) is 3.12. The normalized spacial score (nSPS) is 10.3. The Hall–Kier alpha value is -2.21. The maximum atomic E-state index is 11.5. The summed E-state index contributed by atoms with van der Waals surface area (Å²) in [6.07, 6.45) is 0.424. The molecule has 0 fully saturated rings. The van der Waals surface area contributed by atoms with Crippen molar-refractivity contribution in [1.82, 2.24) is 9.55 Å². The van der Waals surface area contributed by atoms with Gasteiger partial charge in [-0.1, -0.05) is 17.7 Å². The van der Waals surface area contributed by atoms with Gasteiger partial charge in [-0.15, -0.1) is 0 Å². The molecule has 0 atom stereocenters. The summed E-state index contributed by atoms with van der Waals surface area (Å²) < 4.78 is 1.62. The number of carbonyl (C=O) groups is 1. The van der Waals surface area contributed by atoms with Crippen molar-refractivity contribution >= 4 is 24.3 Å². The van der Waals surface area contributed by atoms with E-state index in [0.29, 0.717) is 12.0 Å². The van der Waals surface area contributed by atoms with Crippen LogP contribution in [-0.2, 0) is 0 Å². The van der Waals surface area contributed by atoms with Crippen molar-refractivity contribution in [3.05, 3.63) is 50.5 Å². The number of rotatable bonds is 2. The van der Waals surface area contributed by atoms with E-state index in [1.54, 1.807) is 0 Å². The standard InChI is InChI=1S/C12H11N3O2S/c1-7-2-4-8(5-3-7)15-10(13)9(6-16)11(17)14-12(15)18/h2-6H,13H2,1H3,(H,14,17,18). The van der Waals surface area contributed by atoms with Gasteiger partial charge >= 0.3 is 0 Å². The van der Waals surface area contributed by atoms with E-state index in [0.717, 1.165) is 5.56 Å². The first-order valence-electron chi connectivity index (χ1n) is 5.21. The van der Waals surface area contributed by atoms with Gasteiger partial charge in [0.1, 0.15) is 11.4 Å². The third-order valence-electron chi connectivity index (χ3n) is 2.60. The highest BCUT2D eigenvalue weighted by Gasteiger charge is 2.10. The van der Waals surface area contributed by atoms with Crippen molar-refractivity contribution in [1.29, 1.82) is 0 Å². The Bertz CT molecular complexity index is 714. The number of aryl methyl sites for hydroxylation is 1. The zero-order valence-electron chi connectivity index (χ0n) is 9.64. The number of aromatic amines is 1. The summed E-state index contributed by atoms with van der Waals surface area (Å²) in [5.41, 5.74) is 6.90. The van der Waals surface area contributed by atoms with Crippen LogP contribution in [0.3, 0.4) is 0 Å². The molecule has 1 aromatic carbocycles. The van der Waals surface area contributed by atoms with Gasteiger partial charge in [0.2, 0.25) is 0 Å². The van der Waals surface area contributed by atoms with Crippen LogP contribution in [0.4, 0.5) is 5.82 Å². The van der Waals surface area contributed by atoms with Crippen LogP contribution in [0.25, 0.3) is 5.69 Å². The predicted octanol–water partition coefficient (Wildman–Crippen LogP) is 1.60. The smallest absolute Gasteiger partial charge is 0.264 e. The number of nitrogens with zero attached hydrogens (tertiary/aromatic N) is 1. The Labute approximate surface area is 108 Å². The van der Waals surface area contributed by atoms with Gasteiger partial charge in [0.05, 0.1) is 0 Å².